The van der Waals surface area contributed by atoms with Gasteiger partial charge in [-0.2, -0.15) is 0 Å². The maximum atomic E-state index is 13.8. The summed E-state index contributed by atoms with van der Waals surface area (Å²) in [7, 11) is 0. The molecule has 0 saturated heterocycles. The van der Waals surface area contributed by atoms with E-state index in [2.05, 4.69) is 15.9 Å². The summed E-state index contributed by atoms with van der Waals surface area (Å²) in [5.41, 5.74) is 7.07. The maximum Gasteiger partial charge on any atom is 0.129 e. The van der Waals surface area contributed by atoms with Crippen molar-refractivity contribution in [2.45, 2.75) is 6.04 Å². The molecule has 0 aliphatic heterocycles. The summed E-state index contributed by atoms with van der Waals surface area (Å²) >= 11 is 15.1. The van der Waals surface area contributed by atoms with Crippen LogP contribution in [0, 0.1) is 5.82 Å². The van der Waals surface area contributed by atoms with E-state index in [0.29, 0.717) is 25.6 Å². The van der Waals surface area contributed by atoms with E-state index in [1.54, 1.807) is 30.3 Å². The summed E-state index contributed by atoms with van der Waals surface area (Å²) in [5, 5.41) is 0.949. The van der Waals surface area contributed by atoms with Gasteiger partial charge in [-0.25, -0.2) is 4.39 Å². The number of nitrogens with two attached hydrogens (primary N) is 1. The molecule has 2 N–H and O–H groups in total. The van der Waals surface area contributed by atoms with Gasteiger partial charge in [0.1, 0.15) is 5.82 Å². The fraction of sp³-hybridized carbons (Fsp3) is 0.0769. The molecule has 0 fully saturated rings. The Balaban J connectivity index is 2.44. The van der Waals surface area contributed by atoms with Crippen LogP contribution in [0.3, 0.4) is 0 Å². The Bertz CT molecular complexity index is 538. The van der Waals surface area contributed by atoms with Crippen LogP contribution < -0.4 is 5.73 Å². The van der Waals surface area contributed by atoms with Crippen molar-refractivity contribution in [3.63, 3.8) is 0 Å². The van der Waals surface area contributed by atoms with Crippen LogP contribution in [0.4, 0.5) is 4.39 Å². The van der Waals surface area contributed by atoms with Crippen LogP contribution in [0.5, 0.6) is 0 Å². The highest BCUT2D eigenvalue weighted by Crippen LogP contribution is 2.30. The molecule has 1 unspecified atom stereocenters. The third-order valence-electron chi connectivity index (χ3n) is 2.60. The number of rotatable bonds is 2. The lowest BCUT2D eigenvalue weighted by molar-refractivity contribution is 0.599. The zero-order chi connectivity index (χ0) is 13.3. The van der Waals surface area contributed by atoms with Gasteiger partial charge in [-0.3, -0.25) is 0 Å². The molecule has 2 aromatic rings. The molecule has 0 heterocycles. The number of benzene rings is 2. The van der Waals surface area contributed by atoms with Crippen LogP contribution in [-0.4, -0.2) is 0 Å². The van der Waals surface area contributed by atoms with Crippen molar-refractivity contribution in [2.24, 2.45) is 5.73 Å². The molecule has 1 nitrogen and oxygen atoms in total. The summed E-state index contributed by atoms with van der Waals surface area (Å²) in [6, 6.07) is 9.10. The minimum atomic E-state index is -0.622. The molecule has 0 radical (unpaired) electrons. The molecule has 94 valence electrons. The van der Waals surface area contributed by atoms with E-state index in [0.717, 1.165) is 0 Å². The van der Waals surface area contributed by atoms with Crippen LogP contribution in [0.15, 0.2) is 40.9 Å². The minimum absolute atomic E-state index is 0.372. The predicted octanol–water partition coefficient (Wildman–Crippen LogP) is 4.94. The molecule has 0 amide bonds. The lowest BCUT2D eigenvalue weighted by Gasteiger charge is -2.15. The van der Waals surface area contributed by atoms with Gasteiger partial charge in [-0.1, -0.05) is 51.3 Å². The second-order valence-electron chi connectivity index (χ2n) is 3.81. The van der Waals surface area contributed by atoms with Gasteiger partial charge >= 0.3 is 0 Å². The lowest BCUT2D eigenvalue weighted by Crippen LogP contribution is -2.14. The van der Waals surface area contributed by atoms with Crippen molar-refractivity contribution in [1.82, 2.24) is 0 Å². The van der Waals surface area contributed by atoms with Crippen LogP contribution in [0.2, 0.25) is 10.0 Å². The van der Waals surface area contributed by atoms with E-state index in [-0.39, 0.29) is 5.82 Å². The van der Waals surface area contributed by atoms with E-state index < -0.39 is 6.04 Å². The van der Waals surface area contributed by atoms with E-state index in [1.807, 2.05) is 0 Å². The van der Waals surface area contributed by atoms with E-state index >= 15 is 0 Å². The average Bonchev–Trinajstić information content (AvgIpc) is 2.28. The summed E-state index contributed by atoms with van der Waals surface area (Å²) in [6.45, 7) is 0. The van der Waals surface area contributed by atoms with Gasteiger partial charge in [0.05, 0.1) is 6.04 Å². The van der Waals surface area contributed by atoms with Crippen LogP contribution in [-0.2, 0) is 0 Å². The van der Waals surface area contributed by atoms with Gasteiger partial charge in [-0.05, 0) is 29.8 Å². The molecule has 1 atom stereocenters. The first-order chi connectivity index (χ1) is 8.49. The average molecular weight is 349 g/mol. The Morgan fingerprint density at radius 3 is 2.33 bits per heavy atom. The monoisotopic (exact) mass is 347 g/mol. The van der Waals surface area contributed by atoms with Crippen LogP contribution in [0.25, 0.3) is 0 Å². The SMILES string of the molecule is NC(c1ccc(Br)cc1F)c1ccc(Cl)cc1Cl. The van der Waals surface area contributed by atoms with Crippen molar-refractivity contribution in [3.8, 4) is 0 Å². The molecule has 0 aromatic heterocycles. The molecule has 0 saturated carbocycles. The zero-order valence-corrected chi connectivity index (χ0v) is 12.2. The predicted molar refractivity (Wildman–Crippen MR) is 76.6 cm³/mol. The van der Waals surface area contributed by atoms with Gasteiger partial charge in [0.25, 0.3) is 0 Å². The molecule has 0 bridgehead atoms. The first-order valence-electron chi connectivity index (χ1n) is 5.14. The van der Waals surface area contributed by atoms with E-state index in [1.165, 1.54) is 6.07 Å². The molecule has 2 aromatic carbocycles. The third kappa shape index (κ3) is 2.86. The third-order valence-corrected chi connectivity index (χ3v) is 3.65. The Hall–Kier alpha value is -0.610. The van der Waals surface area contributed by atoms with Gasteiger partial charge in [-0.15, -0.1) is 0 Å². The highest BCUT2D eigenvalue weighted by molar-refractivity contribution is 9.10. The Labute approximate surface area is 123 Å². The molecule has 2 rings (SSSR count). The molecular weight excluding hydrogens is 340 g/mol. The second kappa shape index (κ2) is 5.57. The fourth-order valence-corrected chi connectivity index (χ4v) is 2.53. The van der Waals surface area contributed by atoms with Crippen LogP contribution >= 0.6 is 39.1 Å². The maximum absolute atomic E-state index is 13.8. The second-order valence-corrected chi connectivity index (χ2v) is 5.57. The topological polar surface area (TPSA) is 26.0 Å². The van der Waals surface area contributed by atoms with Crippen LogP contribution in [0.1, 0.15) is 17.2 Å². The lowest BCUT2D eigenvalue weighted by atomic mass is 9.99. The van der Waals surface area contributed by atoms with Crippen molar-refractivity contribution >= 4 is 39.1 Å². The molecule has 0 spiro atoms. The summed E-state index contributed by atoms with van der Waals surface area (Å²) in [6.07, 6.45) is 0. The Morgan fingerprint density at radius 1 is 1.06 bits per heavy atom. The first kappa shape index (κ1) is 13.8. The molecule has 0 aliphatic rings. The largest absolute Gasteiger partial charge is 0.320 e. The number of hydrogen-bond acceptors (Lipinski definition) is 1. The first-order valence-corrected chi connectivity index (χ1v) is 6.69. The van der Waals surface area contributed by atoms with Gasteiger partial charge < -0.3 is 5.73 Å². The van der Waals surface area contributed by atoms with E-state index in [9.17, 15) is 4.39 Å². The summed E-state index contributed by atoms with van der Waals surface area (Å²) in [5.74, 6) is -0.372. The minimum Gasteiger partial charge on any atom is -0.320 e. The quantitative estimate of drug-likeness (QED) is 0.816. The molecule has 18 heavy (non-hydrogen) atoms. The Kier molecular flexibility index (Phi) is 4.28. The molecular formula is C13H9BrCl2FN. The summed E-state index contributed by atoms with van der Waals surface area (Å²) in [4.78, 5) is 0. The smallest absolute Gasteiger partial charge is 0.129 e. The van der Waals surface area contributed by atoms with Gasteiger partial charge in [0.15, 0.2) is 0 Å². The van der Waals surface area contributed by atoms with Gasteiger partial charge in [0.2, 0.25) is 0 Å². The number of hydrogen-bond donors (Lipinski definition) is 1. The highest BCUT2D eigenvalue weighted by Gasteiger charge is 2.16. The summed E-state index contributed by atoms with van der Waals surface area (Å²) < 4.78 is 14.5. The fourth-order valence-electron chi connectivity index (χ4n) is 1.67. The zero-order valence-electron chi connectivity index (χ0n) is 9.13. The highest BCUT2D eigenvalue weighted by atomic mass is 79.9. The number of halogens is 4. The van der Waals surface area contributed by atoms with Crippen molar-refractivity contribution in [2.75, 3.05) is 0 Å². The van der Waals surface area contributed by atoms with E-state index in [4.69, 9.17) is 28.9 Å². The van der Waals surface area contributed by atoms with Gasteiger partial charge in [0, 0.05) is 20.1 Å². The normalized spacial score (nSPS) is 12.5. The molecule has 0 aliphatic carbocycles. The van der Waals surface area contributed by atoms with Crippen molar-refractivity contribution in [3.05, 3.63) is 67.9 Å². The van der Waals surface area contributed by atoms with Crippen molar-refractivity contribution < 1.29 is 4.39 Å². The standard InChI is InChI=1S/C13H9BrCl2FN/c14-7-1-3-10(12(17)5-7)13(18)9-4-2-8(15)6-11(9)16/h1-6,13H,18H2. The van der Waals surface area contributed by atoms with Crippen molar-refractivity contribution in [1.29, 1.82) is 0 Å². The molecule has 5 heteroatoms. The Morgan fingerprint density at radius 2 is 1.72 bits per heavy atom.